The van der Waals surface area contributed by atoms with Crippen molar-refractivity contribution in [1.82, 2.24) is 9.55 Å². The second-order valence-electron chi connectivity index (χ2n) is 7.80. The van der Waals surface area contributed by atoms with Gasteiger partial charge < -0.3 is 19.1 Å². The average molecular weight is 410 g/mol. The average Bonchev–Trinajstić information content (AvgIpc) is 2.65. The topological polar surface area (TPSA) is 82.9 Å². The summed E-state index contributed by atoms with van der Waals surface area (Å²) in [6.45, 7) is 12.0. The van der Waals surface area contributed by atoms with Gasteiger partial charge in [-0.2, -0.15) is 0 Å². The molecule has 0 atom stereocenters. The first-order valence-corrected chi connectivity index (χ1v) is 13.4. The van der Waals surface area contributed by atoms with Crippen LogP contribution in [0.25, 0.3) is 6.08 Å². The lowest BCUT2D eigenvalue weighted by atomic mass is 10.3. The van der Waals surface area contributed by atoms with Crippen molar-refractivity contribution < 1.29 is 19.0 Å². The van der Waals surface area contributed by atoms with Crippen LogP contribution in [0.3, 0.4) is 0 Å². The molecule has 28 heavy (non-hydrogen) atoms. The van der Waals surface area contributed by atoms with Crippen molar-refractivity contribution in [3.63, 3.8) is 0 Å². The second-order valence-corrected chi connectivity index (χ2v) is 13.4. The van der Waals surface area contributed by atoms with E-state index in [0.29, 0.717) is 51.0 Å². The molecule has 156 valence electrons. The van der Waals surface area contributed by atoms with Crippen LogP contribution in [0.4, 0.5) is 5.82 Å². The fourth-order valence-corrected chi connectivity index (χ4v) is 3.34. The van der Waals surface area contributed by atoms with Crippen molar-refractivity contribution in [2.75, 3.05) is 44.4 Å². The molecule has 0 aliphatic carbocycles. The van der Waals surface area contributed by atoms with Crippen LogP contribution in [-0.2, 0) is 25.7 Å². The van der Waals surface area contributed by atoms with Crippen LogP contribution in [0, 0.1) is 0 Å². The molecule has 1 aliphatic heterocycles. The third-order valence-electron chi connectivity index (χ3n) is 4.19. The first-order valence-electron chi connectivity index (χ1n) is 9.67. The number of carbonyl (C=O) groups is 1. The molecule has 0 radical (unpaired) electrons. The van der Waals surface area contributed by atoms with Gasteiger partial charge in [-0.15, -0.1) is 0 Å². The summed E-state index contributed by atoms with van der Waals surface area (Å²) in [5, 5.41) is 0. The van der Waals surface area contributed by atoms with Crippen LogP contribution in [0.1, 0.15) is 12.6 Å². The number of hydrogen-bond acceptors (Lipinski definition) is 7. The van der Waals surface area contributed by atoms with Gasteiger partial charge in [0.15, 0.2) is 5.82 Å². The Balaban J connectivity index is 2.21. The lowest BCUT2D eigenvalue weighted by Gasteiger charge is -2.27. The van der Waals surface area contributed by atoms with Gasteiger partial charge in [0.05, 0.1) is 25.5 Å². The molecular weight excluding hydrogens is 378 g/mol. The van der Waals surface area contributed by atoms with Crippen LogP contribution < -0.4 is 10.5 Å². The van der Waals surface area contributed by atoms with Crippen LogP contribution in [0.2, 0.25) is 25.7 Å². The maximum Gasteiger partial charge on any atom is 0.330 e. The Morgan fingerprint density at radius 3 is 2.68 bits per heavy atom. The van der Waals surface area contributed by atoms with E-state index in [9.17, 15) is 9.59 Å². The molecule has 8 nitrogen and oxygen atoms in total. The summed E-state index contributed by atoms with van der Waals surface area (Å²) in [6, 6.07) is 1.03. The Kier molecular flexibility index (Phi) is 8.40. The molecule has 0 bridgehead atoms. The fraction of sp³-hybridized carbons (Fsp3) is 0.632. The van der Waals surface area contributed by atoms with Gasteiger partial charge in [0.2, 0.25) is 0 Å². The lowest BCUT2D eigenvalue weighted by molar-refractivity contribution is -0.137. The quantitative estimate of drug-likeness (QED) is 0.267. The largest absolute Gasteiger partial charge is 0.463 e. The van der Waals surface area contributed by atoms with Crippen LogP contribution in [0.15, 0.2) is 17.1 Å². The maximum atomic E-state index is 12.9. The van der Waals surface area contributed by atoms with E-state index < -0.39 is 14.0 Å². The summed E-state index contributed by atoms with van der Waals surface area (Å²) in [6.07, 6.45) is 4.48. The normalized spacial score (nSPS) is 15.2. The maximum absolute atomic E-state index is 12.9. The molecule has 0 spiro atoms. The number of carbonyl (C=O) groups excluding carboxylic acids is 1. The van der Waals surface area contributed by atoms with E-state index in [-0.39, 0.29) is 12.3 Å². The van der Waals surface area contributed by atoms with Gasteiger partial charge in [-0.25, -0.2) is 9.78 Å². The van der Waals surface area contributed by atoms with Crippen LogP contribution in [-0.4, -0.2) is 63.1 Å². The summed E-state index contributed by atoms with van der Waals surface area (Å²) in [4.78, 5) is 30.8. The molecular formula is C19H31N3O5Si. The van der Waals surface area contributed by atoms with Crippen molar-refractivity contribution >= 4 is 25.9 Å². The van der Waals surface area contributed by atoms with E-state index in [1.165, 1.54) is 10.6 Å². The van der Waals surface area contributed by atoms with Gasteiger partial charge >= 0.3 is 5.97 Å². The smallest absolute Gasteiger partial charge is 0.330 e. The van der Waals surface area contributed by atoms with Gasteiger partial charge in [-0.1, -0.05) is 19.6 Å². The van der Waals surface area contributed by atoms with Gasteiger partial charge in [0.25, 0.3) is 5.56 Å². The Morgan fingerprint density at radius 2 is 2.04 bits per heavy atom. The monoisotopic (exact) mass is 409 g/mol. The fourth-order valence-electron chi connectivity index (χ4n) is 2.59. The highest BCUT2D eigenvalue weighted by Gasteiger charge is 2.18. The van der Waals surface area contributed by atoms with Gasteiger partial charge in [-0.05, 0) is 19.0 Å². The SMILES string of the molecule is CCOC(=O)/C=C/c1cn(COCC[Si](C)(C)C)c(=O)c(N2CCOCC2)n1. The number of morpholine rings is 1. The van der Waals surface area contributed by atoms with Gasteiger partial charge in [0, 0.05) is 40.0 Å². The number of rotatable bonds is 9. The Hall–Kier alpha value is -1.97. The minimum Gasteiger partial charge on any atom is -0.463 e. The Morgan fingerprint density at radius 1 is 1.32 bits per heavy atom. The minimum atomic E-state index is -1.20. The third kappa shape index (κ3) is 7.21. The lowest BCUT2D eigenvalue weighted by Crippen LogP contribution is -2.41. The highest BCUT2D eigenvalue weighted by molar-refractivity contribution is 6.76. The predicted octanol–water partition coefficient (Wildman–Crippen LogP) is 1.97. The Bertz CT molecular complexity index is 736. The molecule has 2 rings (SSSR count). The number of anilines is 1. The van der Waals surface area contributed by atoms with Crippen molar-refractivity contribution in [3.8, 4) is 0 Å². The second kappa shape index (κ2) is 10.5. The number of esters is 1. The summed E-state index contributed by atoms with van der Waals surface area (Å²) >= 11 is 0. The molecule has 0 unspecified atom stereocenters. The van der Waals surface area contributed by atoms with E-state index in [1.807, 2.05) is 4.90 Å². The zero-order chi connectivity index (χ0) is 20.6. The molecule has 0 saturated carbocycles. The van der Waals surface area contributed by atoms with E-state index in [0.717, 1.165) is 6.04 Å². The molecule has 1 aromatic rings. The molecule has 1 aliphatic rings. The molecule has 9 heteroatoms. The predicted molar refractivity (Wildman–Crippen MR) is 111 cm³/mol. The van der Waals surface area contributed by atoms with Gasteiger partial charge in [0.1, 0.15) is 6.73 Å². The first-order chi connectivity index (χ1) is 13.3. The van der Waals surface area contributed by atoms with Crippen molar-refractivity contribution in [2.24, 2.45) is 0 Å². The summed E-state index contributed by atoms with van der Waals surface area (Å²) < 4.78 is 17.5. The molecule has 0 amide bonds. The molecule has 1 saturated heterocycles. The number of nitrogens with zero attached hydrogens (tertiary/aromatic N) is 3. The van der Waals surface area contributed by atoms with E-state index in [1.54, 1.807) is 19.2 Å². The summed E-state index contributed by atoms with van der Waals surface area (Å²) in [7, 11) is -1.20. The highest BCUT2D eigenvalue weighted by atomic mass is 28.3. The molecule has 1 aromatic heterocycles. The van der Waals surface area contributed by atoms with E-state index in [4.69, 9.17) is 14.2 Å². The molecule has 0 aromatic carbocycles. The van der Waals surface area contributed by atoms with Crippen LogP contribution >= 0.6 is 0 Å². The third-order valence-corrected chi connectivity index (χ3v) is 5.89. The van der Waals surface area contributed by atoms with Crippen molar-refractivity contribution in [3.05, 3.63) is 28.3 Å². The van der Waals surface area contributed by atoms with Crippen molar-refractivity contribution in [2.45, 2.75) is 39.3 Å². The number of ether oxygens (including phenoxy) is 3. The van der Waals surface area contributed by atoms with Crippen LogP contribution in [0.5, 0.6) is 0 Å². The summed E-state index contributed by atoms with van der Waals surface area (Å²) in [5.41, 5.74) is 0.297. The van der Waals surface area contributed by atoms with Crippen molar-refractivity contribution in [1.29, 1.82) is 0 Å². The zero-order valence-electron chi connectivity index (χ0n) is 17.3. The molecule has 0 N–H and O–H groups in total. The number of hydrogen-bond donors (Lipinski definition) is 0. The Labute approximate surface area is 167 Å². The van der Waals surface area contributed by atoms with E-state index in [2.05, 4.69) is 24.6 Å². The van der Waals surface area contributed by atoms with E-state index >= 15 is 0 Å². The molecule has 2 heterocycles. The van der Waals surface area contributed by atoms with Gasteiger partial charge in [-0.3, -0.25) is 9.36 Å². The highest BCUT2D eigenvalue weighted by Crippen LogP contribution is 2.11. The standard InChI is InChI=1S/C19H31N3O5Si/c1-5-27-17(23)7-6-16-14-22(15-26-12-13-28(2,3)4)19(24)18(20-16)21-8-10-25-11-9-21/h6-7,14H,5,8-13,15H2,1-4H3/b7-6+. The zero-order valence-corrected chi connectivity index (χ0v) is 18.3. The summed E-state index contributed by atoms with van der Waals surface area (Å²) in [5.74, 6) is -0.0931. The minimum absolute atomic E-state index is 0.156. The first kappa shape index (κ1) is 22.3. The number of aromatic nitrogens is 2. The molecule has 1 fully saturated rings.